The van der Waals surface area contributed by atoms with E-state index in [0.717, 1.165) is 16.8 Å². The number of ether oxygens (including phenoxy) is 1. The molecule has 0 atom stereocenters. The number of hydrogen-bond donors (Lipinski definition) is 0. The van der Waals surface area contributed by atoms with Crippen molar-refractivity contribution in [3.63, 3.8) is 0 Å². The van der Waals surface area contributed by atoms with Gasteiger partial charge in [-0.25, -0.2) is 4.39 Å². The van der Waals surface area contributed by atoms with Gasteiger partial charge in [0.05, 0.1) is 5.75 Å². The Labute approximate surface area is 199 Å². The second-order valence-corrected chi connectivity index (χ2v) is 8.40. The number of rotatable bonds is 8. The molecule has 7 nitrogen and oxygen atoms in total. The Bertz CT molecular complexity index is 1390. The van der Waals surface area contributed by atoms with Crippen LogP contribution in [0.2, 0.25) is 0 Å². The molecule has 5 rings (SSSR count). The Morgan fingerprint density at radius 2 is 1.71 bits per heavy atom. The van der Waals surface area contributed by atoms with Crippen molar-refractivity contribution in [3.8, 4) is 22.9 Å². The standard InChI is InChI=1S/C25H20FN5O2S/c1-17-11-13-18(14-12-17)24-27-22(30-33-24)16-34-25-29-28-23(31(25)19-7-3-2-4-8-19)15-32-21-10-6-5-9-20(21)26/h2-14H,15-16H2,1H3. The van der Waals surface area contributed by atoms with E-state index >= 15 is 0 Å². The summed E-state index contributed by atoms with van der Waals surface area (Å²) in [6.07, 6.45) is 0. The molecule has 9 heteroatoms. The summed E-state index contributed by atoms with van der Waals surface area (Å²) in [6, 6.07) is 23.9. The van der Waals surface area contributed by atoms with Crippen LogP contribution in [0.25, 0.3) is 17.1 Å². The molecular formula is C25H20FN5O2S. The summed E-state index contributed by atoms with van der Waals surface area (Å²) >= 11 is 1.43. The smallest absolute Gasteiger partial charge is 0.257 e. The molecule has 0 aliphatic carbocycles. The van der Waals surface area contributed by atoms with Crippen LogP contribution in [-0.2, 0) is 12.4 Å². The van der Waals surface area contributed by atoms with Crippen LogP contribution in [0.15, 0.2) is 88.5 Å². The lowest BCUT2D eigenvalue weighted by Crippen LogP contribution is -2.07. The van der Waals surface area contributed by atoms with Gasteiger partial charge in [-0.15, -0.1) is 10.2 Å². The maximum absolute atomic E-state index is 14.0. The predicted molar refractivity (Wildman–Crippen MR) is 126 cm³/mol. The molecular weight excluding hydrogens is 453 g/mol. The van der Waals surface area contributed by atoms with Crippen LogP contribution in [-0.4, -0.2) is 24.9 Å². The fraction of sp³-hybridized carbons (Fsp3) is 0.120. The molecule has 0 radical (unpaired) electrons. The lowest BCUT2D eigenvalue weighted by molar-refractivity contribution is 0.278. The van der Waals surface area contributed by atoms with Gasteiger partial charge in [0, 0.05) is 11.3 Å². The van der Waals surface area contributed by atoms with Crippen molar-refractivity contribution in [2.75, 3.05) is 0 Å². The molecule has 34 heavy (non-hydrogen) atoms. The number of hydrogen-bond acceptors (Lipinski definition) is 7. The van der Waals surface area contributed by atoms with E-state index in [1.165, 1.54) is 17.8 Å². The number of thioether (sulfide) groups is 1. The summed E-state index contributed by atoms with van der Waals surface area (Å²) in [7, 11) is 0. The molecule has 0 N–H and O–H groups in total. The van der Waals surface area contributed by atoms with Gasteiger partial charge in [0.1, 0.15) is 6.61 Å². The summed E-state index contributed by atoms with van der Waals surface area (Å²) in [6.45, 7) is 2.08. The van der Waals surface area contributed by atoms with Crippen molar-refractivity contribution >= 4 is 11.8 Å². The largest absolute Gasteiger partial charge is 0.483 e. The van der Waals surface area contributed by atoms with Crippen LogP contribution in [0.4, 0.5) is 4.39 Å². The van der Waals surface area contributed by atoms with Crippen molar-refractivity contribution in [1.29, 1.82) is 0 Å². The molecule has 0 fully saturated rings. The quantitative estimate of drug-likeness (QED) is 0.270. The van der Waals surface area contributed by atoms with Crippen molar-refractivity contribution in [1.82, 2.24) is 24.9 Å². The third-order valence-electron chi connectivity index (χ3n) is 5.01. The highest BCUT2D eigenvalue weighted by Crippen LogP contribution is 2.27. The zero-order chi connectivity index (χ0) is 23.3. The number of benzene rings is 3. The van der Waals surface area contributed by atoms with Crippen LogP contribution in [0.1, 0.15) is 17.2 Å². The average Bonchev–Trinajstić information content (AvgIpc) is 3.50. The Kier molecular flexibility index (Phi) is 6.35. The van der Waals surface area contributed by atoms with Crippen molar-refractivity contribution in [2.45, 2.75) is 24.4 Å². The fourth-order valence-corrected chi connectivity index (χ4v) is 4.10. The van der Waals surface area contributed by atoms with Gasteiger partial charge in [0.25, 0.3) is 5.89 Å². The lowest BCUT2D eigenvalue weighted by atomic mass is 10.1. The SMILES string of the molecule is Cc1ccc(-c2nc(CSc3nnc(COc4ccccc4F)n3-c3ccccc3)no2)cc1. The summed E-state index contributed by atoms with van der Waals surface area (Å²) < 4.78 is 27.0. The Balaban J connectivity index is 1.35. The molecule has 2 heterocycles. The van der Waals surface area contributed by atoms with E-state index in [9.17, 15) is 4.39 Å². The minimum Gasteiger partial charge on any atom is -0.483 e. The molecule has 0 aliphatic heterocycles. The number of aromatic nitrogens is 5. The maximum Gasteiger partial charge on any atom is 0.257 e. The van der Waals surface area contributed by atoms with E-state index in [-0.39, 0.29) is 12.4 Å². The van der Waals surface area contributed by atoms with Crippen LogP contribution < -0.4 is 4.74 Å². The Morgan fingerprint density at radius 1 is 0.941 bits per heavy atom. The highest BCUT2D eigenvalue weighted by atomic mass is 32.2. The average molecular weight is 474 g/mol. The van der Waals surface area contributed by atoms with Gasteiger partial charge in [-0.3, -0.25) is 4.57 Å². The third kappa shape index (κ3) is 4.84. The van der Waals surface area contributed by atoms with Crippen molar-refractivity contribution in [3.05, 3.63) is 102 Å². The van der Waals surface area contributed by atoms with Gasteiger partial charge in [-0.1, -0.05) is 64.9 Å². The molecule has 5 aromatic rings. The fourth-order valence-electron chi connectivity index (χ4n) is 3.28. The molecule has 0 aliphatic rings. The van der Waals surface area contributed by atoms with Crippen LogP contribution in [0.5, 0.6) is 5.75 Å². The molecule has 0 bridgehead atoms. The van der Waals surface area contributed by atoms with Crippen LogP contribution >= 0.6 is 11.8 Å². The van der Waals surface area contributed by atoms with Crippen molar-refractivity contribution < 1.29 is 13.7 Å². The van der Waals surface area contributed by atoms with E-state index in [1.54, 1.807) is 18.2 Å². The molecule has 0 spiro atoms. The third-order valence-corrected chi connectivity index (χ3v) is 5.93. The van der Waals surface area contributed by atoms with Crippen LogP contribution in [0.3, 0.4) is 0 Å². The monoisotopic (exact) mass is 473 g/mol. The minimum atomic E-state index is -0.427. The summed E-state index contributed by atoms with van der Waals surface area (Å²) in [5, 5.41) is 13.4. The Morgan fingerprint density at radius 3 is 2.50 bits per heavy atom. The molecule has 2 aromatic heterocycles. The normalized spacial score (nSPS) is 11.0. The van der Waals surface area contributed by atoms with E-state index in [0.29, 0.717) is 28.4 Å². The minimum absolute atomic E-state index is 0.0587. The van der Waals surface area contributed by atoms with Gasteiger partial charge in [-0.05, 0) is 43.3 Å². The van der Waals surface area contributed by atoms with Crippen LogP contribution in [0, 0.1) is 12.7 Å². The molecule has 3 aromatic carbocycles. The first-order chi connectivity index (χ1) is 16.7. The zero-order valence-electron chi connectivity index (χ0n) is 18.3. The first-order valence-corrected chi connectivity index (χ1v) is 11.6. The number of halogens is 1. The van der Waals surface area contributed by atoms with Crippen molar-refractivity contribution in [2.24, 2.45) is 0 Å². The maximum atomic E-state index is 14.0. The molecule has 0 saturated heterocycles. The first-order valence-electron chi connectivity index (χ1n) is 10.6. The highest BCUT2D eigenvalue weighted by Gasteiger charge is 2.17. The first kappa shape index (κ1) is 21.8. The van der Waals surface area contributed by atoms with Gasteiger partial charge >= 0.3 is 0 Å². The van der Waals surface area contributed by atoms with E-state index < -0.39 is 5.82 Å². The molecule has 0 amide bonds. The molecule has 0 unspecified atom stereocenters. The number of nitrogens with zero attached hydrogens (tertiary/aromatic N) is 5. The van der Waals surface area contributed by atoms with Gasteiger partial charge in [0.15, 0.2) is 28.4 Å². The second kappa shape index (κ2) is 9.88. The second-order valence-electron chi connectivity index (χ2n) is 7.46. The highest BCUT2D eigenvalue weighted by molar-refractivity contribution is 7.98. The van der Waals surface area contributed by atoms with Gasteiger partial charge < -0.3 is 9.26 Å². The topological polar surface area (TPSA) is 78.9 Å². The molecule has 0 saturated carbocycles. The summed E-state index contributed by atoms with van der Waals surface area (Å²) in [5.74, 6) is 1.74. The van der Waals surface area contributed by atoms with Gasteiger partial charge in [0.2, 0.25) is 0 Å². The zero-order valence-corrected chi connectivity index (χ0v) is 19.1. The van der Waals surface area contributed by atoms with Gasteiger partial charge in [-0.2, -0.15) is 4.98 Å². The van der Waals surface area contributed by atoms with E-state index in [1.807, 2.05) is 66.1 Å². The Hall–Kier alpha value is -3.98. The van der Waals surface area contributed by atoms with E-state index in [2.05, 4.69) is 20.3 Å². The number of aryl methyl sites for hydroxylation is 1. The lowest BCUT2D eigenvalue weighted by Gasteiger charge is -2.11. The predicted octanol–water partition coefficient (Wildman–Crippen LogP) is 5.64. The summed E-state index contributed by atoms with van der Waals surface area (Å²) in [5.41, 5.74) is 2.90. The molecule has 170 valence electrons. The number of para-hydroxylation sites is 2. The summed E-state index contributed by atoms with van der Waals surface area (Å²) in [4.78, 5) is 4.50. The van der Waals surface area contributed by atoms with E-state index in [4.69, 9.17) is 9.26 Å².